The highest BCUT2D eigenvalue weighted by atomic mass is 16.5. The van der Waals surface area contributed by atoms with Gasteiger partial charge >= 0.3 is 0 Å². The van der Waals surface area contributed by atoms with Gasteiger partial charge in [-0.05, 0) is 17.5 Å². The summed E-state index contributed by atoms with van der Waals surface area (Å²) >= 11 is 0. The minimum absolute atomic E-state index is 0.348. The van der Waals surface area contributed by atoms with Crippen molar-refractivity contribution in [1.82, 2.24) is 0 Å². The fourth-order valence-corrected chi connectivity index (χ4v) is 1.98. The molecule has 0 fully saturated rings. The molecule has 0 bridgehead atoms. The molecular weight excluding hydrogens is 230 g/mol. The molecule has 18 heavy (non-hydrogen) atoms. The molecule has 94 valence electrons. The van der Waals surface area contributed by atoms with Gasteiger partial charge in [-0.25, -0.2) is 0 Å². The second kappa shape index (κ2) is 6.21. The number of aliphatic hydroxyl groups is 1. The van der Waals surface area contributed by atoms with Gasteiger partial charge in [-0.3, -0.25) is 0 Å². The molecule has 1 aliphatic rings. The molecule has 3 atom stereocenters. The summed E-state index contributed by atoms with van der Waals surface area (Å²) in [6.45, 7) is 0.397. The van der Waals surface area contributed by atoms with E-state index in [1.807, 2.05) is 36.4 Å². The Bertz CT molecular complexity index is 455. The summed E-state index contributed by atoms with van der Waals surface area (Å²) in [5.41, 5.74) is 9.53. The van der Waals surface area contributed by atoms with Gasteiger partial charge in [0.25, 0.3) is 0 Å². The van der Waals surface area contributed by atoms with Crippen LogP contribution < -0.4 is 0 Å². The van der Waals surface area contributed by atoms with Crippen molar-refractivity contribution in [2.24, 2.45) is 5.11 Å². The van der Waals surface area contributed by atoms with E-state index in [0.717, 1.165) is 5.56 Å². The largest absolute Gasteiger partial charge is 0.386 e. The Kier molecular flexibility index (Phi) is 4.36. The first-order valence-corrected chi connectivity index (χ1v) is 5.85. The van der Waals surface area contributed by atoms with Crippen LogP contribution in [0.1, 0.15) is 12.0 Å². The van der Waals surface area contributed by atoms with E-state index >= 15 is 0 Å². The van der Waals surface area contributed by atoms with Crippen molar-refractivity contribution in [3.05, 3.63) is 58.5 Å². The van der Waals surface area contributed by atoms with Crippen molar-refractivity contribution < 1.29 is 9.84 Å². The van der Waals surface area contributed by atoms with Gasteiger partial charge in [0.15, 0.2) is 0 Å². The third-order valence-electron chi connectivity index (χ3n) is 2.91. The van der Waals surface area contributed by atoms with Gasteiger partial charge in [0.1, 0.15) is 0 Å². The van der Waals surface area contributed by atoms with E-state index in [4.69, 9.17) is 10.3 Å². The van der Waals surface area contributed by atoms with Crippen LogP contribution in [-0.4, -0.2) is 23.4 Å². The first kappa shape index (κ1) is 12.6. The summed E-state index contributed by atoms with van der Waals surface area (Å²) in [7, 11) is 0. The summed E-state index contributed by atoms with van der Waals surface area (Å²) in [5, 5.41) is 13.5. The third-order valence-corrected chi connectivity index (χ3v) is 2.91. The van der Waals surface area contributed by atoms with Crippen LogP contribution in [0, 0.1) is 0 Å². The Morgan fingerprint density at radius 1 is 1.39 bits per heavy atom. The standard InChI is InChI=1S/C13H15N3O2/c14-16-15-11-7-4-8-12(17)13(11)18-9-10-5-2-1-3-6-10/h1-6,8,11-13,17H,7,9H2/t11-,12+,13+/m1/s1. The van der Waals surface area contributed by atoms with Crippen molar-refractivity contribution >= 4 is 0 Å². The number of hydrogen-bond donors (Lipinski definition) is 1. The summed E-state index contributed by atoms with van der Waals surface area (Å²) in [6, 6.07) is 9.35. The van der Waals surface area contributed by atoms with E-state index in [0.29, 0.717) is 13.0 Å². The number of nitrogens with zero attached hydrogens (tertiary/aromatic N) is 3. The minimum atomic E-state index is -0.724. The van der Waals surface area contributed by atoms with Crippen molar-refractivity contribution in [3.63, 3.8) is 0 Å². The number of aliphatic hydroxyl groups excluding tert-OH is 1. The zero-order valence-corrected chi connectivity index (χ0v) is 9.88. The van der Waals surface area contributed by atoms with Crippen LogP contribution in [0.4, 0.5) is 0 Å². The maximum atomic E-state index is 9.85. The van der Waals surface area contributed by atoms with Crippen molar-refractivity contribution in [2.45, 2.75) is 31.3 Å². The summed E-state index contributed by atoms with van der Waals surface area (Å²) in [6.07, 6.45) is 2.88. The van der Waals surface area contributed by atoms with Gasteiger partial charge in [-0.15, -0.1) is 0 Å². The molecule has 1 aliphatic carbocycles. The molecule has 0 radical (unpaired) electrons. The molecule has 0 spiro atoms. The Balaban J connectivity index is 2.01. The molecule has 1 N–H and O–H groups in total. The predicted octanol–water partition coefficient (Wildman–Crippen LogP) is 2.57. The topological polar surface area (TPSA) is 78.2 Å². The van der Waals surface area contributed by atoms with E-state index in [1.54, 1.807) is 6.08 Å². The lowest BCUT2D eigenvalue weighted by Gasteiger charge is -2.29. The predicted molar refractivity (Wildman–Crippen MR) is 67.7 cm³/mol. The number of ether oxygens (including phenoxy) is 1. The van der Waals surface area contributed by atoms with Crippen LogP contribution in [0.3, 0.4) is 0 Å². The average Bonchev–Trinajstić information content (AvgIpc) is 2.40. The first-order valence-electron chi connectivity index (χ1n) is 5.85. The highest BCUT2D eigenvalue weighted by Gasteiger charge is 2.29. The van der Waals surface area contributed by atoms with Crippen molar-refractivity contribution in [3.8, 4) is 0 Å². The van der Waals surface area contributed by atoms with Gasteiger partial charge in [0.2, 0.25) is 0 Å². The minimum Gasteiger partial charge on any atom is -0.386 e. The number of hydrogen-bond acceptors (Lipinski definition) is 3. The molecule has 0 saturated heterocycles. The van der Waals surface area contributed by atoms with Gasteiger partial charge in [-0.1, -0.05) is 47.6 Å². The molecule has 0 aromatic heterocycles. The van der Waals surface area contributed by atoms with Gasteiger partial charge < -0.3 is 9.84 Å². The molecule has 1 aromatic carbocycles. The van der Waals surface area contributed by atoms with Crippen LogP contribution in [0.2, 0.25) is 0 Å². The van der Waals surface area contributed by atoms with E-state index < -0.39 is 12.2 Å². The molecule has 0 saturated carbocycles. The van der Waals surface area contributed by atoms with Crippen LogP contribution in [-0.2, 0) is 11.3 Å². The maximum Gasteiger partial charge on any atom is 0.0987 e. The molecule has 2 rings (SSSR count). The van der Waals surface area contributed by atoms with Crippen LogP contribution in [0.15, 0.2) is 47.6 Å². The summed E-state index contributed by atoms with van der Waals surface area (Å²) in [5.74, 6) is 0. The van der Waals surface area contributed by atoms with Crippen LogP contribution >= 0.6 is 0 Å². The van der Waals surface area contributed by atoms with Gasteiger partial charge in [0, 0.05) is 4.91 Å². The quantitative estimate of drug-likeness (QED) is 0.383. The zero-order chi connectivity index (χ0) is 12.8. The molecule has 0 unspecified atom stereocenters. The number of rotatable bonds is 4. The Labute approximate surface area is 105 Å². The lowest BCUT2D eigenvalue weighted by molar-refractivity contribution is -0.0435. The second-order valence-electron chi connectivity index (χ2n) is 4.19. The Hall–Kier alpha value is -1.81. The molecule has 5 nitrogen and oxygen atoms in total. The fraction of sp³-hybridized carbons (Fsp3) is 0.385. The Morgan fingerprint density at radius 2 is 2.17 bits per heavy atom. The monoisotopic (exact) mass is 245 g/mol. The van der Waals surface area contributed by atoms with E-state index in [1.165, 1.54) is 0 Å². The van der Waals surface area contributed by atoms with Gasteiger partial charge in [0.05, 0.1) is 24.9 Å². The van der Waals surface area contributed by atoms with E-state index in [9.17, 15) is 5.11 Å². The molecule has 1 aromatic rings. The fourth-order valence-electron chi connectivity index (χ4n) is 1.98. The molecule has 0 heterocycles. The Morgan fingerprint density at radius 3 is 2.89 bits per heavy atom. The summed E-state index contributed by atoms with van der Waals surface area (Å²) < 4.78 is 5.68. The highest BCUT2D eigenvalue weighted by Crippen LogP contribution is 2.20. The van der Waals surface area contributed by atoms with E-state index in [-0.39, 0.29) is 6.04 Å². The lowest BCUT2D eigenvalue weighted by Crippen LogP contribution is -2.39. The zero-order valence-electron chi connectivity index (χ0n) is 9.88. The van der Waals surface area contributed by atoms with Gasteiger partial charge in [-0.2, -0.15) is 0 Å². The number of benzene rings is 1. The SMILES string of the molecule is [N-]=[N+]=N[C@@H]1CC=C[C@H](O)[C@H]1OCc1ccccc1. The smallest absolute Gasteiger partial charge is 0.0987 e. The van der Waals surface area contributed by atoms with Crippen LogP contribution in [0.25, 0.3) is 10.4 Å². The molecule has 0 aliphatic heterocycles. The molecular formula is C13H15N3O2. The number of azide groups is 1. The highest BCUT2D eigenvalue weighted by molar-refractivity contribution is 5.14. The third kappa shape index (κ3) is 3.11. The molecule has 5 heteroatoms. The summed E-state index contributed by atoms with van der Waals surface area (Å²) in [4.78, 5) is 2.80. The molecule has 0 amide bonds. The van der Waals surface area contributed by atoms with E-state index in [2.05, 4.69) is 10.0 Å². The second-order valence-corrected chi connectivity index (χ2v) is 4.19. The van der Waals surface area contributed by atoms with Crippen LogP contribution in [0.5, 0.6) is 0 Å². The maximum absolute atomic E-state index is 9.85. The first-order chi connectivity index (χ1) is 8.81. The normalized spacial score (nSPS) is 26.6. The van der Waals surface area contributed by atoms with Crippen molar-refractivity contribution in [2.75, 3.05) is 0 Å². The van der Waals surface area contributed by atoms with Crippen molar-refractivity contribution in [1.29, 1.82) is 0 Å². The average molecular weight is 245 g/mol. The lowest BCUT2D eigenvalue weighted by atomic mass is 9.96.